The van der Waals surface area contributed by atoms with Gasteiger partial charge in [0.15, 0.2) is 0 Å². The van der Waals surface area contributed by atoms with E-state index < -0.39 is 4.92 Å². The number of nitrogens with zero attached hydrogens (tertiary/aromatic N) is 1. The fourth-order valence-corrected chi connectivity index (χ4v) is 0.484. The molecule has 0 unspecified atom stereocenters. The maximum atomic E-state index is 10.2. The van der Waals surface area contributed by atoms with Crippen LogP contribution >= 0.6 is 0 Å². The van der Waals surface area contributed by atoms with Crippen LogP contribution in [-0.2, 0) is 0 Å². The predicted octanol–water partition coefficient (Wildman–Crippen LogP) is 2.94. The Morgan fingerprint density at radius 1 is 1.33 bits per heavy atom. The van der Waals surface area contributed by atoms with E-state index in [-0.39, 0.29) is 5.70 Å². The molecule has 0 radical (unpaired) electrons. The molecule has 68 valence electrons. The van der Waals surface area contributed by atoms with Crippen molar-refractivity contribution in [1.82, 2.24) is 0 Å². The molecule has 0 bridgehead atoms. The van der Waals surface area contributed by atoms with E-state index in [9.17, 15) is 10.1 Å². The molecule has 12 heavy (non-hydrogen) atoms. The molecule has 0 saturated heterocycles. The predicted molar refractivity (Wildman–Crippen MR) is 51.4 cm³/mol. The van der Waals surface area contributed by atoms with Crippen LogP contribution in [0.15, 0.2) is 36.6 Å². The quantitative estimate of drug-likeness (QED) is 0.370. The summed E-state index contributed by atoms with van der Waals surface area (Å²) in [5, 5.41) is 10.2. The first-order valence-corrected chi connectivity index (χ1v) is 3.73. The summed E-state index contributed by atoms with van der Waals surface area (Å²) in [5.74, 6) is 0. The third kappa shape index (κ3) is 4.44. The first kappa shape index (κ1) is 13.2. The highest BCUT2D eigenvalue weighted by atomic mass is 16.6. The molecule has 0 saturated carbocycles. The summed E-state index contributed by atoms with van der Waals surface area (Å²) in [6.07, 6.45) is 2.64. The van der Waals surface area contributed by atoms with Gasteiger partial charge in [-0.25, -0.2) is 0 Å². The second-order valence-electron chi connectivity index (χ2n) is 1.73. The lowest BCUT2D eigenvalue weighted by Gasteiger charge is -1.91. The topological polar surface area (TPSA) is 43.1 Å². The van der Waals surface area contributed by atoms with Crippen molar-refractivity contribution >= 4 is 0 Å². The van der Waals surface area contributed by atoms with Crippen molar-refractivity contribution in [2.24, 2.45) is 0 Å². The molecular formula is C9H15NO2. The van der Waals surface area contributed by atoms with Crippen LogP contribution < -0.4 is 0 Å². The summed E-state index contributed by atoms with van der Waals surface area (Å²) < 4.78 is 0. The van der Waals surface area contributed by atoms with Crippen LogP contribution in [0.2, 0.25) is 0 Å². The first-order chi connectivity index (χ1) is 5.63. The van der Waals surface area contributed by atoms with E-state index in [1.807, 2.05) is 13.8 Å². The lowest BCUT2D eigenvalue weighted by atomic mass is 10.2. The Morgan fingerprint density at radius 3 is 1.83 bits per heavy atom. The maximum absolute atomic E-state index is 10.2. The number of nitro groups is 1. The largest absolute Gasteiger partial charge is 0.271 e. The van der Waals surface area contributed by atoms with Gasteiger partial charge in [-0.3, -0.25) is 10.1 Å². The van der Waals surface area contributed by atoms with E-state index in [1.165, 1.54) is 12.2 Å². The molecule has 0 aliphatic carbocycles. The smallest absolute Gasteiger partial charge is 0.258 e. The Balaban J connectivity index is 0. The Hall–Kier alpha value is -1.38. The normalized spacial score (nSPS) is 10.2. The highest BCUT2D eigenvalue weighted by molar-refractivity contribution is 5.23. The molecule has 0 aromatic rings. The van der Waals surface area contributed by atoms with Crippen molar-refractivity contribution in [3.05, 3.63) is 46.7 Å². The standard InChI is InChI=1S/C7H9NO2.C2H6/c1-4-6(3)7(5-2)8(9)10;1-2/h4-5H,1-2H2,3H3;1-2H3/b7-6+;. The van der Waals surface area contributed by atoms with Crippen molar-refractivity contribution in [1.29, 1.82) is 0 Å². The molecule has 0 fully saturated rings. The minimum absolute atomic E-state index is 0.00926. The Morgan fingerprint density at radius 2 is 1.75 bits per heavy atom. The zero-order valence-electron chi connectivity index (χ0n) is 7.83. The van der Waals surface area contributed by atoms with Crippen molar-refractivity contribution in [2.75, 3.05) is 0 Å². The van der Waals surface area contributed by atoms with Gasteiger partial charge in [0.05, 0.1) is 4.92 Å². The molecule has 0 aromatic heterocycles. The fourth-order valence-electron chi connectivity index (χ4n) is 0.484. The van der Waals surface area contributed by atoms with Gasteiger partial charge in [-0.1, -0.05) is 33.1 Å². The molecule has 0 aliphatic rings. The van der Waals surface area contributed by atoms with Crippen molar-refractivity contribution in [2.45, 2.75) is 20.8 Å². The second-order valence-corrected chi connectivity index (χ2v) is 1.73. The molecule has 3 heteroatoms. The molecule has 0 heterocycles. The van der Waals surface area contributed by atoms with Crippen LogP contribution in [0.1, 0.15) is 20.8 Å². The van der Waals surface area contributed by atoms with Crippen LogP contribution in [0.4, 0.5) is 0 Å². The number of hydrogen-bond acceptors (Lipinski definition) is 2. The van der Waals surface area contributed by atoms with E-state index in [4.69, 9.17) is 0 Å². The Bertz CT molecular complexity index is 205. The highest BCUT2D eigenvalue weighted by Crippen LogP contribution is 2.05. The number of hydrogen-bond donors (Lipinski definition) is 0. The lowest BCUT2D eigenvalue weighted by Crippen LogP contribution is -1.96. The van der Waals surface area contributed by atoms with E-state index in [0.29, 0.717) is 5.57 Å². The minimum atomic E-state index is -0.482. The second kappa shape index (κ2) is 7.72. The van der Waals surface area contributed by atoms with Crippen molar-refractivity contribution in [3.8, 4) is 0 Å². The van der Waals surface area contributed by atoms with Crippen molar-refractivity contribution < 1.29 is 4.92 Å². The summed E-state index contributed by atoms with van der Waals surface area (Å²) in [4.78, 5) is 9.68. The molecular weight excluding hydrogens is 154 g/mol. The highest BCUT2D eigenvalue weighted by Gasteiger charge is 2.06. The van der Waals surface area contributed by atoms with E-state index in [1.54, 1.807) is 6.92 Å². The first-order valence-electron chi connectivity index (χ1n) is 3.73. The van der Waals surface area contributed by atoms with Crippen molar-refractivity contribution in [3.63, 3.8) is 0 Å². The molecule has 0 rings (SSSR count). The Labute approximate surface area is 73.2 Å². The summed E-state index contributed by atoms with van der Waals surface area (Å²) in [7, 11) is 0. The minimum Gasteiger partial charge on any atom is -0.258 e. The van der Waals surface area contributed by atoms with Crippen LogP contribution in [-0.4, -0.2) is 4.92 Å². The number of rotatable bonds is 3. The molecule has 0 N–H and O–H groups in total. The summed E-state index contributed by atoms with van der Waals surface area (Å²) >= 11 is 0. The maximum Gasteiger partial charge on any atom is 0.271 e. The number of allylic oxidation sites excluding steroid dienone is 3. The van der Waals surface area contributed by atoms with Crippen LogP contribution in [0, 0.1) is 10.1 Å². The molecule has 0 spiro atoms. The van der Waals surface area contributed by atoms with E-state index >= 15 is 0 Å². The van der Waals surface area contributed by atoms with Gasteiger partial charge in [0.2, 0.25) is 0 Å². The summed E-state index contributed by atoms with van der Waals surface area (Å²) in [6.45, 7) is 12.3. The summed E-state index contributed by atoms with van der Waals surface area (Å²) in [6, 6.07) is 0. The monoisotopic (exact) mass is 169 g/mol. The van der Waals surface area contributed by atoms with E-state index in [0.717, 1.165) is 0 Å². The molecule has 0 atom stereocenters. The Kier molecular flexibility index (Phi) is 8.51. The van der Waals surface area contributed by atoms with Crippen LogP contribution in [0.3, 0.4) is 0 Å². The third-order valence-electron chi connectivity index (χ3n) is 1.10. The van der Waals surface area contributed by atoms with Gasteiger partial charge in [0, 0.05) is 11.6 Å². The van der Waals surface area contributed by atoms with Gasteiger partial charge < -0.3 is 0 Å². The molecule has 0 aliphatic heterocycles. The van der Waals surface area contributed by atoms with E-state index in [2.05, 4.69) is 13.2 Å². The van der Waals surface area contributed by atoms with Crippen LogP contribution in [0.5, 0.6) is 0 Å². The third-order valence-corrected chi connectivity index (χ3v) is 1.10. The molecule has 3 nitrogen and oxygen atoms in total. The molecule has 0 amide bonds. The van der Waals surface area contributed by atoms with Gasteiger partial charge in [0.25, 0.3) is 5.70 Å². The van der Waals surface area contributed by atoms with Crippen LogP contribution in [0.25, 0.3) is 0 Å². The van der Waals surface area contributed by atoms with Gasteiger partial charge in [-0.05, 0) is 6.92 Å². The zero-order valence-corrected chi connectivity index (χ0v) is 7.83. The average Bonchev–Trinajstić information content (AvgIpc) is 2.08. The summed E-state index contributed by atoms with van der Waals surface area (Å²) in [5.41, 5.74) is 0.537. The lowest BCUT2D eigenvalue weighted by molar-refractivity contribution is -0.419. The van der Waals surface area contributed by atoms with Gasteiger partial charge >= 0.3 is 0 Å². The fraction of sp³-hybridized carbons (Fsp3) is 0.333. The molecule has 0 aromatic carbocycles. The van der Waals surface area contributed by atoms with Gasteiger partial charge in [-0.2, -0.15) is 0 Å². The van der Waals surface area contributed by atoms with Gasteiger partial charge in [0.1, 0.15) is 0 Å². The zero-order chi connectivity index (χ0) is 10.1. The average molecular weight is 169 g/mol. The van der Waals surface area contributed by atoms with Gasteiger partial charge in [-0.15, -0.1) is 0 Å². The SMILES string of the molecule is C=C/C(C)=C(\C=C)[N+](=O)[O-].CC.